The number of hydrogen-bond donors (Lipinski definition) is 0. The maximum atomic E-state index is 14.6. The molecule has 0 saturated carbocycles. The lowest BCUT2D eigenvalue weighted by molar-refractivity contribution is -0.189. The van der Waals surface area contributed by atoms with E-state index in [0.29, 0.717) is 12.5 Å². The number of benzene rings is 2. The third kappa shape index (κ3) is 4.76. The highest BCUT2D eigenvalue weighted by atomic mass is 19.4. The molecule has 0 N–H and O–H groups in total. The van der Waals surface area contributed by atoms with Crippen LogP contribution in [0.25, 0.3) is 0 Å². The van der Waals surface area contributed by atoms with Crippen LogP contribution in [0.1, 0.15) is 34.0 Å². The van der Waals surface area contributed by atoms with Crippen LogP contribution < -0.4 is 4.74 Å². The highest BCUT2D eigenvalue weighted by Crippen LogP contribution is 2.32. The molecule has 1 atom stereocenters. The standard InChI is InChI=1S/C19H15F4NO3/c1-11-14(9-24)8-15(27-12(2)19(21,22)23)16(17(11)20)18(25)26-10-13-6-4-3-5-7-13/h3-8,12H,10H2,1-2H3. The van der Waals surface area contributed by atoms with Gasteiger partial charge in [0.05, 0.1) is 11.6 Å². The monoisotopic (exact) mass is 381 g/mol. The number of nitrogens with zero attached hydrogens (tertiary/aromatic N) is 1. The Morgan fingerprint density at radius 1 is 1.26 bits per heavy atom. The van der Waals surface area contributed by atoms with Crippen LogP contribution in [0.2, 0.25) is 0 Å². The Balaban J connectivity index is 2.39. The van der Waals surface area contributed by atoms with Gasteiger partial charge in [0.25, 0.3) is 0 Å². The largest absolute Gasteiger partial charge is 0.480 e. The second-order valence-corrected chi connectivity index (χ2v) is 5.71. The summed E-state index contributed by atoms with van der Waals surface area (Å²) in [4.78, 5) is 12.3. The van der Waals surface area contributed by atoms with Crippen LogP contribution in [0.4, 0.5) is 17.6 Å². The van der Waals surface area contributed by atoms with Gasteiger partial charge in [0, 0.05) is 5.56 Å². The minimum atomic E-state index is -4.74. The average Bonchev–Trinajstić information content (AvgIpc) is 2.62. The SMILES string of the molecule is Cc1c(C#N)cc(OC(C)C(F)(F)F)c(C(=O)OCc2ccccc2)c1F. The molecule has 0 spiro atoms. The number of ether oxygens (including phenoxy) is 2. The molecule has 0 aliphatic heterocycles. The number of rotatable bonds is 5. The lowest BCUT2D eigenvalue weighted by Crippen LogP contribution is -2.32. The highest BCUT2D eigenvalue weighted by Gasteiger charge is 2.39. The molecule has 0 heterocycles. The summed E-state index contributed by atoms with van der Waals surface area (Å²) in [6, 6.07) is 11.0. The molecule has 1 unspecified atom stereocenters. The molecule has 0 saturated heterocycles. The van der Waals surface area contributed by atoms with E-state index in [9.17, 15) is 22.4 Å². The maximum Gasteiger partial charge on any atom is 0.425 e. The Kier molecular flexibility index (Phi) is 6.05. The first kappa shape index (κ1) is 20.2. The molecule has 27 heavy (non-hydrogen) atoms. The second-order valence-electron chi connectivity index (χ2n) is 5.71. The number of hydrogen-bond acceptors (Lipinski definition) is 4. The van der Waals surface area contributed by atoms with E-state index >= 15 is 0 Å². The Morgan fingerprint density at radius 2 is 1.89 bits per heavy atom. The van der Waals surface area contributed by atoms with Crippen molar-refractivity contribution >= 4 is 5.97 Å². The topological polar surface area (TPSA) is 59.3 Å². The first-order chi connectivity index (χ1) is 12.6. The molecule has 4 nitrogen and oxygen atoms in total. The summed E-state index contributed by atoms with van der Waals surface area (Å²) in [6.45, 7) is 1.74. The van der Waals surface area contributed by atoms with E-state index < -0.39 is 35.4 Å². The zero-order valence-electron chi connectivity index (χ0n) is 14.4. The van der Waals surface area contributed by atoms with E-state index in [4.69, 9.17) is 14.7 Å². The zero-order valence-corrected chi connectivity index (χ0v) is 14.4. The molecule has 0 aliphatic rings. The molecule has 0 fully saturated rings. The minimum absolute atomic E-state index is 0.184. The molecule has 2 rings (SSSR count). The van der Waals surface area contributed by atoms with Gasteiger partial charge in [0.2, 0.25) is 0 Å². The number of alkyl halides is 3. The van der Waals surface area contributed by atoms with Gasteiger partial charge in [-0.2, -0.15) is 18.4 Å². The molecule has 142 valence electrons. The van der Waals surface area contributed by atoms with E-state index in [2.05, 4.69) is 0 Å². The number of carbonyl (C=O) groups is 1. The van der Waals surface area contributed by atoms with Crippen LogP contribution in [0.15, 0.2) is 36.4 Å². The number of esters is 1. The van der Waals surface area contributed by atoms with Crippen molar-refractivity contribution in [2.24, 2.45) is 0 Å². The van der Waals surface area contributed by atoms with Crippen molar-refractivity contribution in [2.45, 2.75) is 32.7 Å². The lowest BCUT2D eigenvalue weighted by Gasteiger charge is -2.20. The first-order valence-corrected chi connectivity index (χ1v) is 7.82. The molecule has 0 bridgehead atoms. The van der Waals surface area contributed by atoms with E-state index in [0.717, 1.165) is 6.07 Å². The molecular formula is C19H15F4NO3. The summed E-state index contributed by atoms with van der Waals surface area (Å²) >= 11 is 0. The molecular weight excluding hydrogens is 366 g/mol. The van der Waals surface area contributed by atoms with Gasteiger partial charge in [-0.25, -0.2) is 9.18 Å². The highest BCUT2D eigenvalue weighted by molar-refractivity contribution is 5.93. The summed E-state index contributed by atoms with van der Waals surface area (Å²) in [5.41, 5.74) is -0.589. The molecule has 2 aromatic carbocycles. The molecule has 8 heteroatoms. The van der Waals surface area contributed by atoms with Gasteiger partial charge in [-0.15, -0.1) is 0 Å². The Bertz CT molecular complexity index is 873. The van der Waals surface area contributed by atoms with Crippen molar-refractivity contribution in [3.8, 4) is 11.8 Å². The van der Waals surface area contributed by atoms with E-state index in [1.54, 1.807) is 36.4 Å². The van der Waals surface area contributed by atoms with Crippen molar-refractivity contribution in [2.75, 3.05) is 0 Å². The van der Waals surface area contributed by atoms with Gasteiger partial charge in [-0.1, -0.05) is 30.3 Å². The number of halogens is 4. The Morgan fingerprint density at radius 3 is 2.44 bits per heavy atom. The van der Waals surface area contributed by atoms with E-state index in [1.165, 1.54) is 6.92 Å². The summed E-state index contributed by atoms with van der Waals surface area (Å²) in [5, 5.41) is 9.03. The van der Waals surface area contributed by atoms with Gasteiger partial charge < -0.3 is 9.47 Å². The van der Waals surface area contributed by atoms with E-state index in [-0.39, 0.29) is 17.7 Å². The van der Waals surface area contributed by atoms with Crippen LogP contribution >= 0.6 is 0 Å². The van der Waals surface area contributed by atoms with Crippen molar-refractivity contribution < 1.29 is 31.8 Å². The van der Waals surface area contributed by atoms with Gasteiger partial charge in [-0.3, -0.25) is 0 Å². The summed E-state index contributed by atoms with van der Waals surface area (Å²) in [6.07, 6.45) is -7.05. The Labute approximate surface area is 152 Å². The smallest absolute Gasteiger partial charge is 0.425 e. The van der Waals surface area contributed by atoms with Gasteiger partial charge in [0.15, 0.2) is 6.10 Å². The van der Waals surface area contributed by atoms with Crippen LogP contribution in [0, 0.1) is 24.1 Å². The fourth-order valence-electron chi connectivity index (χ4n) is 2.18. The fourth-order valence-corrected chi connectivity index (χ4v) is 2.18. The predicted molar refractivity (Wildman–Crippen MR) is 87.6 cm³/mol. The van der Waals surface area contributed by atoms with Gasteiger partial charge >= 0.3 is 12.1 Å². The quantitative estimate of drug-likeness (QED) is 0.557. The Hall–Kier alpha value is -3.08. The second kappa shape index (κ2) is 8.08. The maximum absolute atomic E-state index is 14.6. The normalized spacial score (nSPS) is 12.2. The number of nitriles is 1. The van der Waals surface area contributed by atoms with Crippen molar-refractivity contribution in [1.29, 1.82) is 5.26 Å². The molecule has 0 aliphatic carbocycles. The van der Waals surface area contributed by atoms with Crippen molar-refractivity contribution in [3.63, 3.8) is 0 Å². The van der Waals surface area contributed by atoms with Gasteiger partial charge in [-0.05, 0) is 25.5 Å². The zero-order chi connectivity index (χ0) is 20.2. The third-order valence-corrected chi connectivity index (χ3v) is 3.78. The van der Waals surface area contributed by atoms with E-state index in [1.807, 2.05) is 0 Å². The third-order valence-electron chi connectivity index (χ3n) is 3.78. The molecule has 0 amide bonds. The van der Waals surface area contributed by atoms with Gasteiger partial charge in [0.1, 0.15) is 23.7 Å². The molecule has 0 aromatic heterocycles. The van der Waals surface area contributed by atoms with Crippen LogP contribution in [0.5, 0.6) is 5.75 Å². The fraction of sp³-hybridized carbons (Fsp3) is 0.263. The summed E-state index contributed by atoms with van der Waals surface area (Å²) < 4.78 is 62.8. The molecule has 2 aromatic rings. The van der Waals surface area contributed by atoms with Crippen LogP contribution in [-0.2, 0) is 11.3 Å². The first-order valence-electron chi connectivity index (χ1n) is 7.82. The van der Waals surface area contributed by atoms with Crippen molar-refractivity contribution in [1.82, 2.24) is 0 Å². The van der Waals surface area contributed by atoms with Crippen molar-refractivity contribution in [3.05, 3.63) is 64.5 Å². The lowest BCUT2D eigenvalue weighted by atomic mass is 10.0. The average molecular weight is 381 g/mol. The van der Waals surface area contributed by atoms with Crippen LogP contribution in [0.3, 0.4) is 0 Å². The summed E-state index contributed by atoms with van der Waals surface area (Å²) in [5.74, 6) is -3.04. The predicted octanol–water partition coefficient (Wildman–Crippen LogP) is 4.69. The minimum Gasteiger partial charge on any atom is -0.480 e. The van der Waals surface area contributed by atoms with Crippen LogP contribution in [-0.4, -0.2) is 18.2 Å². The molecule has 0 radical (unpaired) electrons. The summed E-state index contributed by atoms with van der Waals surface area (Å²) in [7, 11) is 0. The number of carbonyl (C=O) groups excluding carboxylic acids is 1.